The second-order valence-corrected chi connectivity index (χ2v) is 6.31. The van der Waals surface area contributed by atoms with E-state index >= 15 is 0 Å². The van der Waals surface area contributed by atoms with Gasteiger partial charge in [-0.25, -0.2) is 0 Å². The van der Waals surface area contributed by atoms with Gasteiger partial charge in [-0.3, -0.25) is 25.0 Å². The zero-order valence-corrected chi connectivity index (χ0v) is 14.5. The van der Waals surface area contributed by atoms with E-state index in [1.165, 1.54) is 12.5 Å². The number of piperidine rings is 1. The highest BCUT2D eigenvalue weighted by molar-refractivity contribution is 5.95. The molecular weight excluding hydrogens is 348 g/mol. The first-order valence-electron chi connectivity index (χ1n) is 8.67. The van der Waals surface area contributed by atoms with Crippen molar-refractivity contribution in [2.24, 2.45) is 5.92 Å². The maximum absolute atomic E-state index is 12.6. The number of rotatable bonds is 4. The molecule has 2 amide bonds. The van der Waals surface area contributed by atoms with Gasteiger partial charge in [0.1, 0.15) is 12.0 Å². The lowest BCUT2D eigenvalue weighted by Gasteiger charge is -2.31. The number of aromatic nitrogens is 4. The Bertz CT molecular complexity index is 922. The Hall–Kier alpha value is -3.49. The molecule has 3 aromatic heterocycles. The van der Waals surface area contributed by atoms with Crippen molar-refractivity contribution in [1.29, 1.82) is 0 Å². The minimum absolute atomic E-state index is 0.128. The Morgan fingerprint density at radius 3 is 3.00 bits per heavy atom. The topological polar surface area (TPSA) is 117 Å². The Morgan fingerprint density at radius 1 is 1.30 bits per heavy atom. The maximum Gasteiger partial charge on any atom is 0.257 e. The number of furan rings is 1. The molecular formula is C18H18N6O3. The van der Waals surface area contributed by atoms with Gasteiger partial charge in [-0.1, -0.05) is 6.07 Å². The summed E-state index contributed by atoms with van der Waals surface area (Å²) in [7, 11) is 0. The fourth-order valence-corrected chi connectivity index (χ4v) is 3.09. The van der Waals surface area contributed by atoms with Crippen molar-refractivity contribution in [3.63, 3.8) is 0 Å². The van der Waals surface area contributed by atoms with Gasteiger partial charge in [0, 0.05) is 19.3 Å². The van der Waals surface area contributed by atoms with Gasteiger partial charge in [0.15, 0.2) is 5.82 Å². The minimum atomic E-state index is -0.314. The lowest BCUT2D eigenvalue weighted by Crippen LogP contribution is -2.43. The van der Waals surface area contributed by atoms with E-state index in [9.17, 15) is 9.59 Å². The number of nitrogens with one attached hydrogen (secondary N) is 2. The first-order chi connectivity index (χ1) is 13.2. The Kier molecular flexibility index (Phi) is 4.65. The van der Waals surface area contributed by atoms with Gasteiger partial charge in [0.2, 0.25) is 11.9 Å². The third-order valence-electron chi connectivity index (χ3n) is 4.48. The Morgan fingerprint density at radius 2 is 2.22 bits per heavy atom. The van der Waals surface area contributed by atoms with Crippen LogP contribution in [-0.2, 0) is 4.79 Å². The quantitative estimate of drug-likeness (QED) is 0.729. The van der Waals surface area contributed by atoms with Gasteiger partial charge in [-0.05, 0) is 31.0 Å². The predicted octanol–water partition coefficient (Wildman–Crippen LogP) is 1.95. The van der Waals surface area contributed by atoms with Crippen LogP contribution in [-0.4, -0.2) is 50.0 Å². The summed E-state index contributed by atoms with van der Waals surface area (Å²) in [6.45, 7) is 0.978. The molecule has 1 saturated heterocycles. The molecule has 4 heterocycles. The van der Waals surface area contributed by atoms with E-state index in [0.717, 1.165) is 6.42 Å². The van der Waals surface area contributed by atoms with Gasteiger partial charge in [0.05, 0.1) is 17.7 Å². The number of carbonyl (C=O) groups excluding carboxylic acids is 2. The van der Waals surface area contributed by atoms with Crippen LogP contribution >= 0.6 is 0 Å². The number of anilines is 1. The van der Waals surface area contributed by atoms with Crippen LogP contribution in [0, 0.1) is 5.92 Å². The molecule has 1 fully saturated rings. The third kappa shape index (κ3) is 3.71. The van der Waals surface area contributed by atoms with Crippen LogP contribution in [0.25, 0.3) is 11.5 Å². The normalized spacial score (nSPS) is 16.9. The van der Waals surface area contributed by atoms with Crippen LogP contribution < -0.4 is 5.32 Å². The average molecular weight is 366 g/mol. The Labute approximate surface area is 154 Å². The fourth-order valence-electron chi connectivity index (χ4n) is 3.09. The summed E-state index contributed by atoms with van der Waals surface area (Å²) in [6.07, 6.45) is 6.00. The highest BCUT2D eigenvalue weighted by Crippen LogP contribution is 2.20. The molecule has 0 aromatic carbocycles. The van der Waals surface area contributed by atoms with Crippen molar-refractivity contribution >= 4 is 17.8 Å². The van der Waals surface area contributed by atoms with E-state index in [1.807, 2.05) is 12.1 Å². The largest absolute Gasteiger partial charge is 0.472 e. The SMILES string of the molecule is O=C(Nc1n[nH]c(-c2ccccn2)n1)[C@@H]1CCCN(C(=O)c2ccoc2)C1. The lowest BCUT2D eigenvalue weighted by atomic mass is 9.96. The highest BCUT2D eigenvalue weighted by Gasteiger charge is 2.29. The molecule has 1 aliphatic rings. The van der Waals surface area contributed by atoms with Crippen LogP contribution in [0.4, 0.5) is 5.95 Å². The van der Waals surface area contributed by atoms with E-state index in [4.69, 9.17) is 4.42 Å². The van der Waals surface area contributed by atoms with Gasteiger partial charge in [-0.15, -0.1) is 5.10 Å². The van der Waals surface area contributed by atoms with Crippen molar-refractivity contribution in [3.8, 4) is 11.5 Å². The number of aromatic amines is 1. The molecule has 0 bridgehead atoms. The second-order valence-electron chi connectivity index (χ2n) is 6.31. The third-order valence-corrected chi connectivity index (χ3v) is 4.48. The van der Waals surface area contributed by atoms with Crippen LogP contribution in [0.3, 0.4) is 0 Å². The Balaban J connectivity index is 1.39. The minimum Gasteiger partial charge on any atom is -0.472 e. The molecule has 4 rings (SSSR count). The predicted molar refractivity (Wildman–Crippen MR) is 95.6 cm³/mol. The molecule has 9 nitrogen and oxygen atoms in total. The van der Waals surface area contributed by atoms with Crippen molar-refractivity contribution < 1.29 is 14.0 Å². The van der Waals surface area contributed by atoms with Crippen LogP contribution in [0.1, 0.15) is 23.2 Å². The van der Waals surface area contributed by atoms with Crippen LogP contribution in [0.2, 0.25) is 0 Å². The zero-order valence-electron chi connectivity index (χ0n) is 14.5. The van der Waals surface area contributed by atoms with Crippen molar-refractivity contribution in [1.82, 2.24) is 25.1 Å². The number of amides is 2. The second kappa shape index (κ2) is 7.40. The first-order valence-corrected chi connectivity index (χ1v) is 8.67. The molecule has 0 spiro atoms. The van der Waals surface area contributed by atoms with E-state index in [0.29, 0.717) is 36.6 Å². The standard InChI is InChI=1S/C18H18N6O3/c25-16(21-18-20-15(22-23-18)14-5-1-2-7-19-14)12-4-3-8-24(10-12)17(26)13-6-9-27-11-13/h1-2,5-7,9,11-12H,3-4,8,10H2,(H2,20,21,22,23,25)/t12-/m1/s1. The number of hydrogen-bond acceptors (Lipinski definition) is 6. The number of pyridine rings is 1. The van der Waals surface area contributed by atoms with E-state index in [2.05, 4.69) is 25.5 Å². The number of nitrogens with zero attached hydrogens (tertiary/aromatic N) is 4. The zero-order chi connectivity index (χ0) is 18.6. The average Bonchev–Trinajstić information content (AvgIpc) is 3.40. The molecule has 3 aromatic rings. The van der Waals surface area contributed by atoms with Crippen molar-refractivity contribution in [2.45, 2.75) is 12.8 Å². The molecule has 9 heteroatoms. The van der Waals surface area contributed by atoms with Gasteiger partial charge in [0.25, 0.3) is 5.91 Å². The highest BCUT2D eigenvalue weighted by atomic mass is 16.3. The van der Waals surface area contributed by atoms with E-state index in [1.54, 1.807) is 23.2 Å². The molecule has 0 saturated carbocycles. The van der Waals surface area contributed by atoms with Crippen molar-refractivity contribution in [2.75, 3.05) is 18.4 Å². The van der Waals surface area contributed by atoms with Gasteiger partial charge < -0.3 is 9.32 Å². The maximum atomic E-state index is 12.6. The number of carbonyl (C=O) groups is 2. The van der Waals surface area contributed by atoms with Crippen LogP contribution in [0.15, 0.2) is 47.4 Å². The first kappa shape index (κ1) is 17.0. The molecule has 27 heavy (non-hydrogen) atoms. The summed E-state index contributed by atoms with van der Waals surface area (Å²) in [5.74, 6) is 0.0273. The van der Waals surface area contributed by atoms with E-state index < -0.39 is 0 Å². The van der Waals surface area contributed by atoms with Gasteiger partial charge >= 0.3 is 0 Å². The van der Waals surface area contributed by atoms with Crippen LogP contribution in [0.5, 0.6) is 0 Å². The van der Waals surface area contributed by atoms with E-state index in [-0.39, 0.29) is 23.7 Å². The lowest BCUT2D eigenvalue weighted by molar-refractivity contribution is -0.121. The summed E-state index contributed by atoms with van der Waals surface area (Å²) < 4.78 is 4.97. The molecule has 0 unspecified atom stereocenters. The molecule has 2 N–H and O–H groups in total. The monoisotopic (exact) mass is 366 g/mol. The molecule has 0 radical (unpaired) electrons. The van der Waals surface area contributed by atoms with Gasteiger partial charge in [-0.2, -0.15) is 4.98 Å². The number of likely N-dealkylation sites (tertiary alicyclic amines) is 1. The smallest absolute Gasteiger partial charge is 0.257 e. The fraction of sp³-hybridized carbons (Fsp3) is 0.278. The summed E-state index contributed by atoms with van der Waals surface area (Å²) in [5, 5.41) is 9.50. The summed E-state index contributed by atoms with van der Waals surface area (Å²) in [5.41, 5.74) is 1.13. The summed E-state index contributed by atoms with van der Waals surface area (Å²) in [6, 6.07) is 7.07. The summed E-state index contributed by atoms with van der Waals surface area (Å²) in [4.78, 5) is 35.2. The number of hydrogen-bond donors (Lipinski definition) is 2. The molecule has 138 valence electrons. The number of H-pyrrole nitrogens is 1. The molecule has 0 aliphatic carbocycles. The summed E-state index contributed by atoms with van der Waals surface area (Å²) >= 11 is 0. The van der Waals surface area contributed by atoms with Crippen molar-refractivity contribution in [3.05, 3.63) is 48.6 Å². The molecule has 1 aliphatic heterocycles. The molecule has 1 atom stereocenters.